The van der Waals surface area contributed by atoms with E-state index < -0.39 is 12.1 Å². The van der Waals surface area contributed by atoms with Crippen molar-refractivity contribution in [1.82, 2.24) is 0 Å². The summed E-state index contributed by atoms with van der Waals surface area (Å²) in [4.78, 5) is 24.5. The highest BCUT2D eigenvalue weighted by Gasteiger charge is 2.21. The topological polar surface area (TPSA) is 65.7 Å². The lowest BCUT2D eigenvalue weighted by molar-refractivity contribution is -0.141. The van der Waals surface area contributed by atoms with Crippen molar-refractivity contribution in [3.63, 3.8) is 0 Å². The van der Waals surface area contributed by atoms with Gasteiger partial charge in [-0.05, 0) is 74.6 Å². The first-order valence-corrected chi connectivity index (χ1v) is 9.53. The Morgan fingerprint density at radius 2 is 1.93 bits per heavy atom. The van der Waals surface area contributed by atoms with Crippen molar-refractivity contribution in [2.24, 2.45) is 0 Å². The molecule has 0 saturated heterocycles. The molecular formula is C22H19ClO5. The molecule has 0 N–H and O–H groups in total. The molecule has 1 aliphatic carbocycles. The molecule has 6 heteroatoms. The minimum Gasteiger partial charge on any atom is -0.479 e. The van der Waals surface area contributed by atoms with Crippen molar-refractivity contribution in [2.45, 2.75) is 39.2 Å². The standard InChI is InChI=1S/C22H19ClO5/c1-12-10-14(23)6-9-19(12)26-13(2)21(24)27-15-7-8-17-16-4-3-5-18(16)22(25)28-20(17)11-15/h6-11,13H,3-5H2,1-2H3. The van der Waals surface area contributed by atoms with Crippen LogP contribution < -0.4 is 15.1 Å². The van der Waals surface area contributed by atoms with Crippen molar-refractivity contribution in [1.29, 1.82) is 0 Å². The van der Waals surface area contributed by atoms with Gasteiger partial charge < -0.3 is 13.9 Å². The molecule has 1 aliphatic rings. The van der Waals surface area contributed by atoms with E-state index >= 15 is 0 Å². The van der Waals surface area contributed by atoms with Crippen LogP contribution in [0.5, 0.6) is 11.5 Å². The number of esters is 1. The number of aryl methyl sites for hydroxylation is 2. The Hall–Kier alpha value is -2.79. The van der Waals surface area contributed by atoms with Gasteiger partial charge in [-0.25, -0.2) is 9.59 Å². The van der Waals surface area contributed by atoms with Gasteiger partial charge in [-0.2, -0.15) is 0 Å². The molecule has 0 spiro atoms. The first-order chi connectivity index (χ1) is 13.4. The van der Waals surface area contributed by atoms with E-state index in [9.17, 15) is 9.59 Å². The van der Waals surface area contributed by atoms with Gasteiger partial charge in [-0.3, -0.25) is 0 Å². The van der Waals surface area contributed by atoms with E-state index in [1.54, 1.807) is 37.3 Å². The van der Waals surface area contributed by atoms with Gasteiger partial charge in [-0.15, -0.1) is 0 Å². The van der Waals surface area contributed by atoms with Gasteiger partial charge in [-0.1, -0.05) is 11.6 Å². The Kier molecular flexibility index (Phi) is 4.85. The third-order valence-corrected chi connectivity index (χ3v) is 5.17. The SMILES string of the molecule is Cc1cc(Cl)ccc1OC(C)C(=O)Oc1ccc2c3c(c(=O)oc2c1)CCC3. The molecule has 5 nitrogen and oxygen atoms in total. The van der Waals surface area contributed by atoms with Crippen LogP contribution in [0.25, 0.3) is 11.0 Å². The molecule has 1 heterocycles. The van der Waals surface area contributed by atoms with Crippen molar-refractivity contribution >= 4 is 28.5 Å². The van der Waals surface area contributed by atoms with Gasteiger partial charge in [0.15, 0.2) is 6.10 Å². The number of ether oxygens (including phenoxy) is 2. The summed E-state index contributed by atoms with van der Waals surface area (Å²) in [5, 5.41) is 1.50. The molecule has 0 saturated carbocycles. The lowest BCUT2D eigenvalue weighted by Crippen LogP contribution is -2.28. The molecule has 0 aliphatic heterocycles. The Morgan fingerprint density at radius 1 is 1.14 bits per heavy atom. The minimum absolute atomic E-state index is 0.307. The summed E-state index contributed by atoms with van der Waals surface area (Å²) in [7, 11) is 0. The normalized spacial score (nSPS) is 14.0. The predicted octanol–water partition coefficient (Wildman–Crippen LogP) is 4.62. The number of hydrogen-bond acceptors (Lipinski definition) is 5. The second kappa shape index (κ2) is 7.32. The van der Waals surface area contributed by atoms with Crippen LogP contribution >= 0.6 is 11.6 Å². The fourth-order valence-corrected chi connectivity index (χ4v) is 3.74. The van der Waals surface area contributed by atoms with Crippen LogP contribution in [0, 0.1) is 6.92 Å². The first-order valence-electron chi connectivity index (χ1n) is 9.15. The Labute approximate surface area is 166 Å². The van der Waals surface area contributed by atoms with E-state index in [2.05, 4.69) is 0 Å². The molecule has 1 unspecified atom stereocenters. The van der Waals surface area contributed by atoms with E-state index in [-0.39, 0.29) is 5.63 Å². The van der Waals surface area contributed by atoms with E-state index in [4.69, 9.17) is 25.5 Å². The van der Waals surface area contributed by atoms with Gasteiger partial charge in [0.05, 0.1) is 0 Å². The molecule has 4 rings (SSSR count). The Morgan fingerprint density at radius 3 is 2.71 bits per heavy atom. The number of benzene rings is 2. The smallest absolute Gasteiger partial charge is 0.352 e. The summed E-state index contributed by atoms with van der Waals surface area (Å²) in [6.07, 6.45) is 1.75. The van der Waals surface area contributed by atoms with Gasteiger partial charge >= 0.3 is 11.6 Å². The number of fused-ring (bicyclic) bond motifs is 3. The molecule has 1 aromatic heterocycles. The first kappa shape index (κ1) is 18.6. The summed E-state index contributed by atoms with van der Waals surface area (Å²) >= 11 is 5.94. The number of rotatable bonds is 4. The molecule has 1 atom stereocenters. The molecule has 0 radical (unpaired) electrons. The molecule has 0 amide bonds. The average Bonchev–Trinajstić information content (AvgIpc) is 3.14. The van der Waals surface area contributed by atoms with E-state index in [0.717, 1.165) is 41.3 Å². The zero-order valence-electron chi connectivity index (χ0n) is 15.6. The van der Waals surface area contributed by atoms with Crippen LogP contribution in [-0.2, 0) is 17.6 Å². The van der Waals surface area contributed by atoms with Crippen molar-refractivity contribution < 1.29 is 18.7 Å². The molecule has 2 aromatic carbocycles. The zero-order chi connectivity index (χ0) is 19.8. The summed E-state index contributed by atoms with van der Waals surface area (Å²) in [6.45, 7) is 3.47. The summed E-state index contributed by atoms with van der Waals surface area (Å²) in [5.74, 6) is 0.327. The van der Waals surface area contributed by atoms with Crippen LogP contribution in [0.2, 0.25) is 5.02 Å². The summed E-state index contributed by atoms with van der Waals surface area (Å²) in [6, 6.07) is 10.3. The van der Waals surface area contributed by atoms with Crippen molar-refractivity contribution in [3.8, 4) is 11.5 Å². The lowest BCUT2D eigenvalue weighted by atomic mass is 10.1. The maximum atomic E-state index is 12.4. The summed E-state index contributed by atoms with van der Waals surface area (Å²) in [5.41, 5.74) is 2.75. The highest BCUT2D eigenvalue weighted by Crippen LogP contribution is 2.30. The quantitative estimate of drug-likeness (QED) is 0.364. The van der Waals surface area contributed by atoms with Gasteiger partial charge in [0.25, 0.3) is 0 Å². The fraction of sp³-hybridized carbons (Fsp3) is 0.273. The molecule has 28 heavy (non-hydrogen) atoms. The molecule has 0 bridgehead atoms. The van der Waals surface area contributed by atoms with Gasteiger partial charge in [0.1, 0.15) is 17.1 Å². The zero-order valence-corrected chi connectivity index (χ0v) is 16.3. The largest absolute Gasteiger partial charge is 0.479 e. The lowest BCUT2D eigenvalue weighted by Gasteiger charge is -2.15. The number of carbonyl (C=O) groups excluding carboxylic acids is 1. The third-order valence-electron chi connectivity index (χ3n) is 4.94. The highest BCUT2D eigenvalue weighted by atomic mass is 35.5. The highest BCUT2D eigenvalue weighted by molar-refractivity contribution is 6.30. The van der Waals surface area contributed by atoms with Crippen LogP contribution in [0.1, 0.15) is 30.0 Å². The van der Waals surface area contributed by atoms with Crippen LogP contribution in [0.4, 0.5) is 0 Å². The fourth-order valence-electron chi connectivity index (χ4n) is 3.51. The van der Waals surface area contributed by atoms with E-state index in [1.165, 1.54) is 0 Å². The van der Waals surface area contributed by atoms with Gasteiger partial charge in [0.2, 0.25) is 0 Å². The molecular weight excluding hydrogens is 380 g/mol. The third kappa shape index (κ3) is 3.50. The Bertz CT molecular complexity index is 1130. The number of halogens is 1. The van der Waals surface area contributed by atoms with Crippen molar-refractivity contribution in [3.05, 3.63) is 68.5 Å². The predicted molar refractivity (Wildman–Crippen MR) is 106 cm³/mol. The number of hydrogen-bond donors (Lipinski definition) is 0. The van der Waals surface area contributed by atoms with Crippen LogP contribution in [0.3, 0.4) is 0 Å². The van der Waals surface area contributed by atoms with Crippen LogP contribution in [-0.4, -0.2) is 12.1 Å². The van der Waals surface area contributed by atoms with E-state index in [1.807, 2.05) is 13.0 Å². The number of carbonyl (C=O) groups is 1. The molecule has 3 aromatic rings. The minimum atomic E-state index is -0.817. The monoisotopic (exact) mass is 398 g/mol. The van der Waals surface area contributed by atoms with Gasteiger partial charge in [0, 0.05) is 22.0 Å². The van der Waals surface area contributed by atoms with E-state index in [0.29, 0.717) is 22.1 Å². The second-order valence-electron chi connectivity index (χ2n) is 6.95. The Balaban J connectivity index is 1.53. The van der Waals surface area contributed by atoms with Crippen molar-refractivity contribution in [2.75, 3.05) is 0 Å². The molecule has 0 fully saturated rings. The maximum absolute atomic E-state index is 12.4. The summed E-state index contributed by atoms with van der Waals surface area (Å²) < 4.78 is 16.5. The second-order valence-corrected chi connectivity index (χ2v) is 7.39. The maximum Gasteiger partial charge on any atom is 0.352 e. The average molecular weight is 399 g/mol. The van der Waals surface area contributed by atoms with Crippen LogP contribution in [0.15, 0.2) is 45.6 Å². The molecule has 144 valence electrons.